The molecule has 1 saturated carbocycles. The molecule has 0 bridgehead atoms. The molecule has 1 N–H and O–H groups in total. The summed E-state index contributed by atoms with van der Waals surface area (Å²) in [6, 6.07) is 7.84. The van der Waals surface area contributed by atoms with Crippen molar-refractivity contribution in [3.8, 4) is 10.7 Å². The molecule has 31 heavy (non-hydrogen) atoms. The van der Waals surface area contributed by atoms with Crippen molar-refractivity contribution in [2.24, 2.45) is 5.92 Å². The van der Waals surface area contributed by atoms with Crippen molar-refractivity contribution in [1.29, 1.82) is 0 Å². The van der Waals surface area contributed by atoms with Crippen LogP contribution in [-0.2, 0) is 9.59 Å². The highest BCUT2D eigenvalue weighted by atomic mass is 32.1. The summed E-state index contributed by atoms with van der Waals surface area (Å²) in [6.07, 6.45) is 2.42. The second-order valence-corrected chi connectivity index (χ2v) is 9.73. The van der Waals surface area contributed by atoms with Crippen molar-refractivity contribution < 1.29 is 14.1 Å². The minimum atomic E-state index is -0.386. The third kappa shape index (κ3) is 3.87. The van der Waals surface area contributed by atoms with E-state index in [-0.39, 0.29) is 24.2 Å². The van der Waals surface area contributed by atoms with Gasteiger partial charge in [0.15, 0.2) is 0 Å². The van der Waals surface area contributed by atoms with Crippen LogP contribution in [0, 0.1) is 26.7 Å². The molecular formula is C23H24N4O3S. The van der Waals surface area contributed by atoms with Crippen LogP contribution >= 0.6 is 11.3 Å². The highest BCUT2D eigenvalue weighted by Gasteiger charge is 2.35. The van der Waals surface area contributed by atoms with E-state index < -0.39 is 0 Å². The normalized spacial score (nSPS) is 18.6. The van der Waals surface area contributed by atoms with Gasteiger partial charge in [-0.05, 0) is 62.9 Å². The summed E-state index contributed by atoms with van der Waals surface area (Å²) >= 11 is 1.52. The van der Waals surface area contributed by atoms with Gasteiger partial charge in [0.25, 0.3) is 0 Å². The van der Waals surface area contributed by atoms with Crippen molar-refractivity contribution in [3.05, 3.63) is 46.2 Å². The number of carbonyl (C=O) groups excluding carboxylic acids is 2. The standard InChI is InChI=1S/C23H24N4O3S/c1-12-4-7-17(8-13(12)2)27-11-16(9-20(27)28)22(29)24-18-10-19(31-14(18)3)21-25-23(30-26-21)15-5-6-15/h4,7-8,10,15-16H,5-6,9,11H2,1-3H3,(H,24,29)/t16-/m1/s1. The first kappa shape index (κ1) is 19.9. The van der Waals surface area contributed by atoms with Crippen molar-refractivity contribution in [1.82, 2.24) is 10.1 Å². The highest BCUT2D eigenvalue weighted by molar-refractivity contribution is 7.16. The van der Waals surface area contributed by atoms with Crippen molar-refractivity contribution >= 4 is 34.5 Å². The van der Waals surface area contributed by atoms with Crippen LogP contribution in [0.15, 0.2) is 28.8 Å². The Morgan fingerprint density at radius 2 is 2.00 bits per heavy atom. The number of aryl methyl sites for hydroxylation is 3. The molecule has 2 fully saturated rings. The number of nitrogens with zero attached hydrogens (tertiary/aromatic N) is 3. The van der Waals surface area contributed by atoms with E-state index in [0.717, 1.165) is 39.5 Å². The van der Waals surface area contributed by atoms with E-state index in [2.05, 4.69) is 15.5 Å². The minimum Gasteiger partial charge on any atom is -0.339 e. The first-order valence-corrected chi connectivity index (χ1v) is 11.3. The number of aromatic nitrogens is 2. The van der Waals surface area contributed by atoms with Crippen LogP contribution < -0.4 is 10.2 Å². The Kier molecular flexibility index (Phi) is 4.89. The average Bonchev–Trinajstić information content (AvgIpc) is 3.16. The molecule has 0 spiro atoms. The number of hydrogen-bond acceptors (Lipinski definition) is 6. The molecule has 1 aromatic carbocycles. The molecule has 2 aliphatic rings. The first-order valence-electron chi connectivity index (χ1n) is 10.5. The number of carbonyl (C=O) groups is 2. The predicted molar refractivity (Wildman–Crippen MR) is 119 cm³/mol. The topological polar surface area (TPSA) is 88.3 Å². The van der Waals surface area contributed by atoms with E-state index in [9.17, 15) is 9.59 Å². The maximum absolute atomic E-state index is 12.9. The average molecular weight is 437 g/mol. The molecule has 5 rings (SSSR count). The molecule has 7 nitrogen and oxygen atoms in total. The predicted octanol–water partition coefficient (Wildman–Crippen LogP) is 4.59. The summed E-state index contributed by atoms with van der Waals surface area (Å²) in [6.45, 7) is 6.41. The Balaban J connectivity index is 1.28. The number of thiophene rings is 1. The van der Waals surface area contributed by atoms with Gasteiger partial charge in [0.05, 0.1) is 16.5 Å². The van der Waals surface area contributed by atoms with E-state index in [1.54, 1.807) is 4.90 Å². The van der Waals surface area contributed by atoms with Gasteiger partial charge in [-0.15, -0.1) is 11.3 Å². The van der Waals surface area contributed by atoms with Crippen LogP contribution in [0.4, 0.5) is 11.4 Å². The number of nitrogens with one attached hydrogen (secondary N) is 1. The van der Waals surface area contributed by atoms with Gasteiger partial charge in [0.1, 0.15) is 0 Å². The molecule has 0 radical (unpaired) electrons. The Bertz CT molecular complexity index is 1180. The van der Waals surface area contributed by atoms with Gasteiger partial charge in [-0.3, -0.25) is 9.59 Å². The van der Waals surface area contributed by atoms with Crippen LogP contribution in [-0.4, -0.2) is 28.5 Å². The molecule has 1 saturated heterocycles. The van der Waals surface area contributed by atoms with Crippen LogP contribution in [0.5, 0.6) is 0 Å². The number of hydrogen-bond donors (Lipinski definition) is 1. The molecule has 1 aliphatic carbocycles. The quantitative estimate of drug-likeness (QED) is 0.632. The van der Waals surface area contributed by atoms with Crippen molar-refractivity contribution in [3.63, 3.8) is 0 Å². The minimum absolute atomic E-state index is 0.0227. The molecule has 3 heterocycles. The van der Waals surface area contributed by atoms with Gasteiger partial charge >= 0.3 is 0 Å². The van der Waals surface area contributed by atoms with Crippen molar-refractivity contribution in [2.75, 3.05) is 16.8 Å². The van der Waals surface area contributed by atoms with E-state index >= 15 is 0 Å². The second kappa shape index (κ2) is 7.60. The lowest BCUT2D eigenvalue weighted by atomic mass is 10.1. The smallest absolute Gasteiger partial charge is 0.230 e. The van der Waals surface area contributed by atoms with Gasteiger partial charge < -0.3 is 14.7 Å². The Labute approximate surface area is 184 Å². The lowest BCUT2D eigenvalue weighted by Crippen LogP contribution is -2.28. The zero-order valence-corrected chi connectivity index (χ0v) is 18.6. The Hall–Kier alpha value is -3.00. The molecule has 8 heteroatoms. The van der Waals surface area contributed by atoms with E-state index in [1.807, 2.05) is 45.0 Å². The van der Waals surface area contributed by atoms with Gasteiger partial charge in [0.2, 0.25) is 23.5 Å². The number of benzene rings is 1. The lowest BCUT2D eigenvalue weighted by molar-refractivity contribution is -0.122. The molecule has 2 amide bonds. The third-order valence-corrected chi connectivity index (χ3v) is 7.11. The summed E-state index contributed by atoms with van der Waals surface area (Å²) < 4.78 is 5.35. The van der Waals surface area contributed by atoms with E-state index in [1.165, 1.54) is 16.9 Å². The summed E-state index contributed by atoms with van der Waals surface area (Å²) in [4.78, 5) is 33.5. The fourth-order valence-electron chi connectivity index (χ4n) is 3.81. The Morgan fingerprint density at radius 3 is 2.74 bits per heavy atom. The van der Waals surface area contributed by atoms with E-state index in [0.29, 0.717) is 24.2 Å². The number of rotatable bonds is 5. The lowest BCUT2D eigenvalue weighted by Gasteiger charge is -2.18. The largest absolute Gasteiger partial charge is 0.339 e. The molecule has 0 unspecified atom stereocenters. The molecule has 1 atom stereocenters. The second-order valence-electron chi connectivity index (χ2n) is 8.47. The monoisotopic (exact) mass is 436 g/mol. The summed E-state index contributed by atoms with van der Waals surface area (Å²) in [5.74, 6) is 1.12. The fraction of sp³-hybridized carbons (Fsp3) is 0.391. The van der Waals surface area contributed by atoms with Crippen LogP contribution in [0.3, 0.4) is 0 Å². The van der Waals surface area contributed by atoms with Gasteiger partial charge in [0, 0.05) is 29.4 Å². The fourth-order valence-corrected chi connectivity index (χ4v) is 4.71. The first-order chi connectivity index (χ1) is 14.9. The maximum atomic E-state index is 12.9. The molecule has 2 aromatic heterocycles. The van der Waals surface area contributed by atoms with E-state index in [4.69, 9.17) is 4.52 Å². The number of amides is 2. The van der Waals surface area contributed by atoms with Crippen LogP contribution in [0.1, 0.15) is 47.1 Å². The number of anilines is 2. The van der Waals surface area contributed by atoms with Gasteiger partial charge in [-0.2, -0.15) is 4.98 Å². The summed E-state index contributed by atoms with van der Waals surface area (Å²) in [5.41, 5.74) is 3.89. The molecule has 1 aliphatic heterocycles. The molecular weight excluding hydrogens is 412 g/mol. The Morgan fingerprint density at radius 1 is 1.19 bits per heavy atom. The third-order valence-electron chi connectivity index (χ3n) is 6.06. The summed E-state index contributed by atoms with van der Waals surface area (Å²) in [5, 5.41) is 7.09. The SMILES string of the molecule is Cc1ccc(N2C[C@H](C(=O)Nc3cc(-c4noc(C5CC5)n4)sc3C)CC2=O)cc1C. The summed E-state index contributed by atoms with van der Waals surface area (Å²) in [7, 11) is 0. The maximum Gasteiger partial charge on any atom is 0.230 e. The highest BCUT2D eigenvalue weighted by Crippen LogP contribution is 2.40. The van der Waals surface area contributed by atoms with Gasteiger partial charge in [-0.25, -0.2) is 0 Å². The van der Waals surface area contributed by atoms with Crippen LogP contribution in [0.2, 0.25) is 0 Å². The molecule has 160 valence electrons. The molecule has 3 aromatic rings. The van der Waals surface area contributed by atoms with Gasteiger partial charge in [-0.1, -0.05) is 11.2 Å². The van der Waals surface area contributed by atoms with Crippen molar-refractivity contribution in [2.45, 2.75) is 46.0 Å². The van der Waals surface area contributed by atoms with Crippen LogP contribution in [0.25, 0.3) is 10.7 Å². The zero-order valence-electron chi connectivity index (χ0n) is 17.8. The zero-order chi connectivity index (χ0) is 21.7.